The van der Waals surface area contributed by atoms with Gasteiger partial charge in [-0.05, 0) is 30.4 Å². The first-order valence-corrected chi connectivity index (χ1v) is 10.2. The lowest BCUT2D eigenvalue weighted by atomic mass is 9.69. The van der Waals surface area contributed by atoms with Crippen LogP contribution in [0.2, 0.25) is 0 Å². The molecule has 2 aromatic heterocycles. The molecule has 0 aromatic carbocycles. The molecule has 0 bridgehead atoms. The monoisotopic (exact) mass is 430 g/mol. The van der Waals surface area contributed by atoms with Crippen molar-refractivity contribution in [3.63, 3.8) is 0 Å². The molecule has 0 radical (unpaired) electrons. The van der Waals surface area contributed by atoms with E-state index in [-0.39, 0.29) is 11.0 Å². The first-order chi connectivity index (χ1) is 14.5. The van der Waals surface area contributed by atoms with Crippen molar-refractivity contribution in [3.05, 3.63) is 39.7 Å². The normalized spacial score (nSPS) is 17.6. The quantitative estimate of drug-likeness (QED) is 0.673. The van der Waals surface area contributed by atoms with Gasteiger partial charge >= 0.3 is 5.97 Å². The van der Waals surface area contributed by atoms with Crippen LogP contribution in [0.5, 0.6) is 11.6 Å². The van der Waals surface area contributed by atoms with E-state index < -0.39 is 16.9 Å². The Balaban J connectivity index is 2.21. The molecule has 0 saturated carbocycles. The molecule has 31 heavy (non-hydrogen) atoms. The zero-order valence-electron chi connectivity index (χ0n) is 18.9. The highest BCUT2D eigenvalue weighted by Crippen LogP contribution is 2.47. The highest BCUT2D eigenvalue weighted by molar-refractivity contribution is 5.87. The molecule has 0 saturated heterocycles. The van der Waals surface area contributed by atoms with Crippen LogP contribution < -0.4 is 14.9 Å². The van der Waals surface area contributed by atoms with Gasteiger partial charge in [-0.3, -0.25) is 4.79 Å². The van der Waals surface area contributed by atoms with Gasteiger partial charge in [-0.1, -0.05) is 20.8 Å². The third-order valence-corrected chi connectivity index (χ3v) is 6.18. The fraction of sp³-hybridized carbons (Fsp3) is 0.522. The van der Waals surface area contributed by atoms with Crippen molar-refractivity contribution in [3.8, 4) is 23.0 Å². The minimum absolute atomic E-state index is 0.246. The van der Waals surface area contributed by atoms with E-state index >= 15 is 0 Å². The SMILES string of the molecule is COCCCOc1cc2c(nc1OC)-c1cc(=O)c(C(=O)O)cn1C(C)(C(C)(C)C)C2. The summed E-state index contributed by atoms with van der Waals surface area (Å²) in [5.74, 6) is -0.392. The fourth-order valence-electron chi connectivity index (χ4n) is 3.88. The number of carboxylic acids is 1. The number of hydrogen-bond donors (Lipinski definition) is 1. The Morgan fingerprint density at radius 3 is 2.55 bits per heavy atom. The number of ether oxygens (including phenoxy) is 3. The predicted octanol–water partition coefficient (Wildman–Crippen LogP) is 3.35. The Morgan fingerprint density at radius 1 is 1.26 bits per heavy atom. The number of hydrogen-bond acceptors (Lipinski definition) is 6. The van der Waals surface area contributed by atoms with Gasteiger partial charge in [-0.2, -0.15) is 0 Å². The maximum absolute atomic E-state index is 12.5. The van der Waals surface area contributed by atoms with Gasteiger partial charge in [0.15, 0.2) is 11.2 Å². The van der Waals surface area contributed by atoms with Crippen LogP contribution in [0.15, 0.2) is 23.1 Å². The molecule has 1 atom stereocenters. The second-order valence-corrected chi connectivity index (χ2v) is 9.01. The lowest BCUT2D eigenvalue weighted by molar-refractivity contribution is 0.0689. The summed E-state index contributed by atoms with van der Waals surface area (Å²) in [4.78, 5) is 28.8. The average Bonchev–Trinajstić information content (AvgIpc) is 2.69. The van der Waals surface area contributed by atoms with Crippen molar-refractivity contribution in [1.29, 1.82) is 0 Å². The molecule has 168 valence electrons. The van der Waals surface area contributed by atoms with E-state index in [0.29, 0.717) is 42.7 Å². The van der Waals surface area contributed by atoms with Crippen LogP contribution in [0.1, 0.15) is 50.0 Å². The lowest BCUT2D eigenvalue weighted by Gasteiger charge is -2.48. The van der Waals surface area contributed by atoms with E-state index in [1.54, 1.807) is 7.11 Å². The standard InChI is InChI=1S/C23H30N2O6/c1-22(2,3)23(4)12-14-10-18(31-9-7-8-29-5)20(30-6)24-19(14)16-11-17(26)15(21(27)28)13-25(16)23/h10-11,13H,7-9,12H2,1-6H3,(H,27,28). The Hall–Kier alpha value is -2.87. The number of methoxy groups -OCH3 is 2. The van der Waals surface area contributed by atoms with Crippen molar-refractivity contribution in [2.45, 2.75) is 46.1 Å². The molecule has 0 fully saturated rings. The number of aromatic carboxylic acids is 1. The van der Waals surface area contributed by atoms with Crippen LogP contribution in [0.3, 0.4) is 0 Å². The highest BCUT2D eigenvalue weighted by atomic mass is 16.5. The van der Waals surface area contributed by atoms with Gasteiger partial charge < -0.3 is 23.9 Å². The smallest absolute Gasteiger partial charge is 0.341 e. The molecule has 1 aliphatic heterocycles. The average molecular weight is 431 g/mol. The van der Waals surface area contributed by atoms with E-state index in [9.17, 15) is 14.7 Å². The molecular weight excluding hydrogens is 400 g/mol. The summed E-state index contributed by atoms with van der Waals surface area (Å²) in [7, 11) is 3.16. The summed E-state index contributed by atoms with van der Waals surface area (Å²) in [6, 6.07) is 3.27. The molecule has 1 aliphatic rings. The number of carbonyl (C=O) groups is 1. The van der Waals surface area contributed by atoms with Gasteiger partial charge in [-0.25, -0.2) is 9.78 Å². The Bertz CT molecular complexity index is 1050. The van der Waals surface area contributed by atoms with Gasteiger partial charge in [0, 0.05) is 32.4 Å². The minimum Gasteiger partial charge on any atom is -0.488 e. The molecule has 8 heteroatoms. The van der Waals surface area contributed by atoms with Crippen molar-refractivity contribution in [2.75, 3.05) is 27.4 Å². The summed E-state index contributed by atoms with van der Waals surface area (Å²) in [6.07, 6.45) is 2.76. The van der Waals surface area contributed by atoms with Gasteiger partial charge in [0.1, 0.15) is 5.56 Å². The zero-order valence-corrected chi connectivity index (χ0v) is 18.9. The van der Waals surface area contributed by atoms with Crippen LogP contribution in [-0.4, -0.2) is 48.1 Å². The summed E-state index contributed by atoms with van der Waals surface area (Å²) in [5, 5.41) is 9.50. The van der Waals surface area contributed by atoms with Crippen molar-refractivity contribution in [2.24, 2.45) is 5.41 Å². The summed E-state index contributed by atoms with van der Waals surface area (Å²) in [6.45, 7) is 9.40. The maximum Gasteiger partial charge on any atom is 0.341 e. The third kappa shape index (κ3) is 4.04. The number of nitrogens with zero attached hydrogens (tertiary/aromatic N) is 2. The maximum atomic E-state index is 12.5. The van der Waals surface area contributed by atoms with Crippen molar-refractivity contribution >= 4 is 5.97 Å². The molecule has 8 nitrogen and oxygen atoms in total. The van der Waals surface area contributed by atoms with Crippen LogP contribution in [0.25, 0.3) is 11.4 Å². The second-order valence-electron chi connectivity index (χ2n) is 9.01. The summed E-state index contributed by atoms with van der Waals surface area (Å²) in [5.41, 5.74) is 0.522. The molecule has 3 rings (SSSR count). The van der Waals surface area contributed by atoms with E-state index in [1.807, 2.05) is 10.6 Å². The molecule has 0 amide bonds. The molecule has 1 unspecified atom stereocenters. The van der Waals surface area contributed by atoms with Crippen molar-refractivity contribution in [1.82, 2.24) is 9.55 Å². The number of aromatic nitrogens is 2. The zero-order chi connectivity index (χ0) is 23.0. The Kier molecular flexibility index (Phi) is 6.14. The van der Waals surface area contributed by atoms with Gasteiger partial charge in [-0.15, -0.1) is 0 Å². The van der Waals surface area contributed by atoms with Crippen molar-refractivity contribution < 1.29 is 24.1 Å². The minimum atomic E-state index is -1.24. The second kappa shape index (κ2) is 8.34. The first kappa shape index (κ1) is 22.8. The summed E-state index contributed by atoms with van der Waals surface area (Å²) >= 11 is 0. The Morgan fingerprint density at radius 2 is 1.97 bits per heavy atom. The molecule has 0 spiro atoms. The summed E-state index contributed by atoms with van der Waals surface area (Å²) < 4.78 is 18.3. The number of rotatable bonds is 7. The van der Waals surface area contributed by atoms with Crippen LogP contribution in [0, 0.1) is 5.41 Å². The molecule has 0 aliphatic carbocycles. The highest BCUT2D eigenvalue weighted by Gasteiger charge is 2.44. The van der Waals surface area contributed by atoms with E-state index in [4.69, 9.17) is 14.2 Å². The van der Waals surface area contributed by atoms with E-state index in [0.717, 1.165) is 12.0 Å². The van der Waals surface area contributed by atoms with Crippen LogP contribution >= 0.6 is 0 Å². The van der Waals surface area contributed by atoms with Gasteiger partial charge in [0.25, 0.3) is 5.88 Å². The largest absolute Gasteiger partial charge is 0.488 e. The van der Waals surface area contributed by atoms with Crippen LogP contribution in [-0.2, 0) is 16.7 Å². The molecule has 3 heterocycles. The predicted molar refractivity (Wildman–Crippen MR) is 116 cm³/mol. The van der Waals surface area contributed by atoms with Crippen LogP contribution in [0.4, 0.5) is 0 Å². The third-order valence-electron chi connectivity index (χ3n) is 6.18. The molecule has 1 N–H and O–H groups in total. The van der Waals surface area contributed by atoms with Gasteiger partial charge in [0.2, 0.25) is 0 Å². The topological polar surface area (TPSA) is 99.9 Å². The number of pyridine rings is 2. The fourth-order valence-corrected chi connectivity index (χ4v) is 3.88. The van der Waals surface area contributed by atoms with E-state index in [2.05, 4.69) is 32.7 Å². The van der Waals surface area contributed by atoms with Gasteiger partial charge in [0.05, 0.1) is 30.6 Å². The lowest BCUT2D eigenvalue weighted by Crippen LogP contribution is -2.48. The number of fused-ring (bicyclic) bond motifs is 3. The van der Waals surface area contributed by atoms with E-state index in [1.165, 1.54) is 19.4 Å². The molecular formula is C23H30N2O6. The first-order valence-electron chi connectivity index (χ1n) is 10.2. The molecule has 2 aromatic rings. The Labute approximate surface area is 181 Å². The number of carboxylic acid groups (broad SMARTS) is 1.